The zero-order valence-electron chi connectivity index (χ0n) is 15.7. The highest BCUT2D eigenvalue weighted by Crippen LogP contribution is 2.32. The summed E-state index contributed by atoms with van der Waals surface area (Å²) in [5, 5.41) is 6.88. The molecular formula is C21H22N4O2S. The number of fused-ring (bicyclic) bond motifs is 1. The summed E-state index contributed by atoms with van der Waals surface area (Å²) in [5.41, 5.74) is 1.58. The number of hydrogen-bond donors (Lipinski definition) is 1. The highest BCUT2D eigenvalue weighted by molar-refractivity contribution is 7.09. The van der Waals surface area contributed by atoms with Crippen molar-refractivity contribution in [2.24, 2.45) is 5.92 Å². The van der Waals surface area contributed by atoms with Crippen LogP contribution in [0.4, 0.5) is 0 Å². The molecule has 144 valence electrons. The monoisotopic (exact) mass is 394 g/mol. The van der Waals surface area contributed by atoms with Gasteiger partial charge < -0.3 is 10.2 Å². The molecule has 6 nitrogen and oxygen atoms in total. The number of thiazole rings is 1. The zero-order valence-corrected chi connectivity index (χ0v) is 16.5. The van der Waals surface area contributed by atoms with Gasteiger partial charge in [-0.2, -0.15) is 0 Å². The Morgan fingerprint density at radius 1 is 1.18 bits per heavy atom. The van der Waals surface area contributed by atoms with E-state index in [0.717, 1.165) is 28.8 Å². The van der Waals surface area contributed by atoms with E-state index in [0.29, 0.717) is 18.7 Å². The van der Waals surface area contributed by atoms with E-state index in [1.54, 1.807) is 23.7 Å². The van der Waals surface area contributed by atoms with Gasteiger partial charge in [0.25, 0.3) is 5.91 Å². The molecule has 1 fully saturated rings. The molecule has 2 aromatic heterocycles. The van der Waals surface area contributed by atoms with E-state index in [2.05, 4.69) is 15.3 Å². The van der Waals surface area contributed by atoms with E-state index in [-0.39, 0.29) is 23.8 Å². The molecule has 1 saturated heterocycles. The second-order valence-electron chi connectivity index (χ2n) is 7.09. The SMILES string of the molecule is CC(=O)N[C@H](c1nccs1)C1CCN(C(=O)c2ccc3ncccc3c2)CC1. The first-order chi connectivity index (χ1) is 13.6. The molecule has 4 rings (SSSR count). The molecule has 1 atom stereocenters. The minimum atomic E-state index is -0.0819. The van der Waals surface area contributed by atoms with Crippen molar-refractivity contribution in [2.75, 3.05) is 13.1 Å². The van der Waals surface area contributed by atoms with E-state index in [1.165, 1.54) is 6.92 Å². The van der Waals surface area contributed by atoms with Gasteiger partial charge in [-0.15, -0.1) is 11.3 Å². The highest BCUT2D eigenvalue weighted by Gasteiger charge is 2.31. The van der Waals surface area contributed by atoms with Crippen LogP contribution in [0.3, 0.4) is 0 Å². The van der Waals surface area contributed by atoms with Gasteiger partial charge in [0, 0.05) is 48.7 Å². The number of hydrogen-bond acceptors (Lipinski definition) is 5. The summed E-state index contributed by atoms with van der Waals surface area (Å²) in [6.07, 6.45) is 5.20. The maximum Gasteiger partial charge on any atom is 0.253 e. The molecule has 1 aliphatic heterocycles. The van der Waals surface area contributed by atoms with Crippen LogP contribution in [0.15, 0.2) is 48.1 Å². The fourth-order valence-electron chi connectivity index (χ4n) is 3.82. The average molecular weight is 395 g/mol. The Balaban J connectivity index is 1.45. The maximum atomic E-state index is 13.0. The predicted octanol–water partition coefficient (Wildman–Crippen LogP) is 3.42. The van der Waals surface area contributed by atoms with Crippen LogP contribution >= 0.6 is 11.3 Å². The maximum absolute atomic E-state index is 13.0. The Morgan fingerprint density at radius 3 is 2.71 bits per heavy atom. The quantitative estimate of drug-likeness (QED) is 0.736. The van der Waals surface area contributed by atoms with Gasteiger partial charge in [-0.3, -0.25) is 14.6 Å². The van der Waals surface area contributed by atoms with Crippen molar-refractivity contribution < 1.29 is 9.59 Å². The number of carbonyl (C=O) groups is 2. The lowest BCUT2D eigenvalue weighted by molar-refractivity contribution is -0.120. The minimum absolute atomic E-state index is 0.0505. The van der Waals surface area contributed by atoms with E-state index >= 15 is 0 Å². The molecule has 0 aliphatic carbocycles. The molecule has 0 unspecified atom stereocenters. The van der Waals surface area contributed by atoms with Crippen LogP contribution in [0.2, 0.25) is 0 Å². The lowest BCUT2D eigenvalue weighted by atomic mass is 9.89. The predicted molar refractivity (Wildman–Crippen MR) is 109 cm³/mol. The van der Waals surface area contributed by atoms with Crippen molar-refractivity contribution in [3.8, 4) is 0 Å². The number of likely N-dealkylation sites (tertiary alicyclic amines) is 1. The molecule has 1 aliphatic rings. The molecule has 7 heteroatoms. The van der Waals surface area contributed by atoms with Gasteiger partial charge in [0.05, 0.1) is 11.6 Å². The minimum Gasteiger partial charge on any atom is -0.347 e. The van der Waals surface area contributed by atoms with Crippen molar-refractivity contribution in [1.29, 1.82) is 0 Å². The smallest absolute Gasteiger partial charge is 0.253 e. The third-order valence-electron chi connectivity index (χ3n) is 5.22. The first-order valence-electron chi connectivity index (χ1n) is 9.42. The first kappa shape index (κ1) is 18.6. The number of piperidine rings is 1. The highest BCUT2D eigenvalue weighted by atomic mass is 32.1. The first-order valence-corrected chi connectivity index (χ1v) is 10.3. The molecule has 28 heavy (non-hydrogen) atoms. The lowest BCUT2D eigenvalue weighted by Crippen LogP contribution is -2.42. The lowest BCUT2D eigenvalue weighted by Gasteiger charge is -2.35. The average Bonchev–Trinajstić information content (AvgIpc) is 3.26. The van der Waals surface area contributed by atoms with Crippen LogP contribution in [0, 0.1) is 5.92 Å². The Hall–Kier alpha value is -2.80. The largest absolute Gasteiger partial charge is 0.347 e. The number of nitrogens with zero attached hydrogens (tertiary/aromatic N) is 3. The number of carbonyl (C=O) groups excluding carboxylic acids is 2. The van der Waals surface area contributed by atoms with Crippen LogP contribution in [-0.2, 0) is 4.79 Å². The molecular weight excluding hydrogens is 372 g/mol. The third kappa shape index (κ3) is 3.89. The van der Waals surface area contributed by atoms with Gasteiger partial charge in [0.15, 0.2) is 0 Å². The molecule has 0 spiro atoms. The van der Waals surface area contributed by atoms with Gasteiger partial charge in [0.2, 0.25) is 5.91 Å². The number of pyridine rings is 1. The van der Waals surface area contributed by atoms with Crippen molar-refractivity contribution in [1.82, 2.24) is 20.2 Å². The summed E-state index contributed by atoms with van der Waals surface area (Å²) in [7, 11) is 0. The van der Waals surface area contributed by atoms with Crippen molar-refractivity contribution in [3.63, 3.8) is 0 Å². The van der Waals surface area contributed by atoms with Crippen molar-refractivity contribution >= 4 is 34.1 Å². The summed E-state index contributed by atoms with van der Waals surface area (Å²) in [6, 6.07) is 9.41. The summed E-state index contributed by atoms with van der Waals surface area (Å²) >= 11 is 1.56. The van der Waals surface area contributed by atoms with Gasteiger partial charge in [0.1, 0.15) is 5.01 Å². The van der Waals surface area contributed by atoms with Crippen molar-refractivity contribution in [3.05, 3.63) is 58.7 Å². The van der Waals surface area contributed by atoms with Gasteiger partial charge in [-0.1, -0.05) is 6.07 Å². The number of benzene rings is 1. The van der Waals surface area contributed by atoms with E-state index in [1.807, 2.05) is 40.6 Å². The molecule has 3 aromatic rings. The summed E-state index contributed by atoms with van der Waals surface area (Å²) in [5.74, 6) is 0.276. The number of amides is 2. The van der Waals surface area contributed by atoms with Crippen LogP contribution < -0.4 is 5.32 Å². The Labute approximate surface area is 167 Å². The zero-order chi connectivity index (χ0) is 19.5. The van der Waals surface area contributed by atoms with Crippen LogP contribution in [0.1, 0.15) is 41.2 Å². The van der Waals surface area contributed by atoms with Crippen LogP contribution in [0.5, 0.6) is 0 Å². The van der Waals surface area contributed by atoms with Gasteiger partial charge >= 0.3 is 0 Å². The second-order valence-corrected chi connectivity index (χ2v) is 8.02. The Kier molecular flexibility index (Phi) is 5.34. The summed E-state index contributed by atoms with van der Waals surface area (Å²) in [4.78, 5) is 35.2. The van der Waals surface area contributed by atoms with Crippen LogP contribution in [0.25, 0.3) is 10.9 Å². The van der Waals surface area contributed by atoms with Crippen LogP contribution in [-0.4, -0.2) is 39.8 Å². The second kappa shape index (κ2) is 8.06. The number of aromatic nitrogens is 2. The molecule has 0 saturated carbocycles. The Bertz CT molecular complexity index is 981. The summed E-state index contributed by atoms with van der Waals surface area (Å²) < 4.78 is 0. The standard InChI is InChI=1S/C21H22N4O2S/c1-14(26)24-19(20-23-9-12-28-20)15-6-10-25(11-7-15)21(27)17-4-5-18-16(13-17)3-2-8-22-18/h2-5,8-9,12-13,15,19H,6-7,10-11H2,1H3,(H,24,26)/t19-/m0/s1. The van der Waals surface area contributed by atoms with Crippen molar-refractivity contribution in [2.45, 2.75) is 25.8 Å². The molecule has 0 radical (unpaired) electrons. The molecule has 2 amide bonds. The topological polar surface area (TPSA) is 75.2 Å². The number of rotatable bonds is 4. The third-order valence-corrected chi connectivity index (χ3v) is 6.08. The van der Waals surface area contributed by atoms with E-state index in [9.17, 15) is 9.59 Å². The molecule has 0 bridgehead atoms. The fourth-order valence-corrected chi connectivity index (χ4v) is 4.60. The Morgan fingerprint density at radius 2 is 2.00 bits per heavy atom. The normalized spacial score (nSPS) is 16.1. The molecule has 1 N–H and O–H groups in total. The van der Waals surface area contributed by atoms with Gasteiger partial charge in [-0.05, 0) is 43.0 Å². The molecule has 1 aromatic carbocycles. The van der Waals surface area contributed by atoms with E-state index < -0.39 is 0 Å². The summed E-state index contributed by atoms with van der Waals surface area (Å²) in [6.45, 7) is 2.89. The fraction of sp³-hybridized carbons (Fsp3) is 0.333. The van der Waals surface area contributed by atoms with E-state index in [4.69, 9.17) is 0 Å². The number of nitrogens with one attached hydrogen (secondary N) is 1. The molecule has 3 heterocycles. The van der Waals surface area contributed by atoms with Gasteiger partial charge in [-0.25, -0.2) is 4.98 Å².